The van der Waals surface area contributed by atoms with E-state index in [1.807, 2.05) is 0 Å². The van der Waals surface area contributed by atoms with Crippen LogP contribution in [0.15, 0.2) is 29.8 Å². The van der Waals surface area contributed by atoms with Crippen molar-refractivity contribution in [3.05, 3.63) is 35.4 Å². The van der Waals surface area contributed by atoms with E-state index in [1.165, 1.54) is 63.9 Å². The van der Waals surface area contributed by atoms with Crippen molar-refractivity contribution < 1.29 is 19.4 Å². The van der Waals surface area contributed by atoms with Crippen molar-refractivity contribution in [2.45, 2.75) is 71.1 Å². The molecule has 1 aromatic rings. The Hall–Kier alpha value is -2.25. The van der Waals surface area contributed by atoms with Gasteiger partial charge in [0, 0.05) is 0 Å². The summed E-state index contributed by atoms with van der Waals surface area (Å²) in [7, 11) is 0. The van der Waals surface area contributed by atoms with Crippen molar-refractivity contribution >= 4 is 12.0 Å². The molecule has 4 heteroatoms. The second-order valence-corrected chi connectivity index (χ2v) is 6.93. The summed E-state index contributed by atoms with van der Waals surface area (Å²) in [6.45, 7) is 3.18. The summed E-state index contributed by atoms with van der Waals surface area (Å²) >= 11 is 0. The molecule has 0 bridgehead atoms. The van der Waals surface area contributed by atoms with Crippen LogP contribution in [0.4, 0.5) is 0 Å². The van der Waals surface area contributed by atoms with Crippen molar-refractivity contribution in [2.75, 3.05) is 13.4 Å². The number of terminal acetylenes is 1. The molecular formula is C24H34O4. The molecule has 0 aliphatic rings. The maximum absolute atomic E-state index is 10.9. The maximum Gasteiger partial charge on any atom is 0.344 e. The summed E-state index contributed by atoms with van der Waals surface area (Å²) in [6, 6.07) is 7.06. The minimum absolute atomic E-state index is 0.0755. The highest BCUT2D eigenvalue weighted by Gasteiger charge is 2.03. The van der Waals surface area contributed by atoms with E-state index >= 15 is 0 Å². The first-order chi connectivity index (χ1) is 13.7. The van der Waals surface area contributed by atoms with Gasteiger partial charge in [-0.25, -0.2) is 4.79 Å². The van der Waals surface area contributed by atoms with E-state index in [0.29, 0.717) is 17.9 Å². The second kappa shape index (κ2) is 15.8. The van der Waals surface area contributed by atoms with E-state index in [0.717, 1.165) is 6.42 Å². The van der Waals surface area contributed by atoms with Gasteiger partial charge in [-0.1, -0.05) is 82.8 Å². The van der Waals surface area contributed by atoms with Gasteiger partial charge in [-0.3, -0.25) is 0 Å². The zero-order chi connectivity index (χ0) is 20.5. The summed E-state index contributed by atoms with van der Waals surface area (Å²) in [5.41, 5.74) is 0.641. The van der Waals surface area contributed by atoms with Crippen molar-refractivity contribution in [1.29, 1.82) is 0 Å². The molecule has 0 fully saturated rings. The van der Waals surface area contributed by atoms with Gasteiger partial charge in [-0.2, -0.15) is 0 Å². The third kappa shape index (κ3) is 11.5. The maximum atomic E-state index is 10.9. The molecule has 0 radical (unpaired) electrons. The average Bonchev–Trinajstić information content (AvgIpc) is 2.70. The molecule has 154 valence electrons. The van der Waals surface area contributed by atoms with Crippen LogP contribution in [0.25, 0.3) is 6.08 Å². The number of carboxylic acids is 1. The van der Waals surface area contributed by atoms with Crippen LogP contribution in [0.1, 0.15) is 76.7 Å². The molecule has 1 N–H and O–H groups in total. The zero-order valence-corrected chi connectivity index (χ0v) is 17.1. The Morgan fingerprint density at radius 3 is 2.11 bits per heavy atom. The van der Waals surface area contributed by atoms with Crippen molar-refractivity contribution in [3.63, 3.8) is 0 Å². The van der Waals surface area contributed by atoms with Crippen LogP contribution in [0.3, 0.4) is 0 Å². The van der Waals surface area contributed by atoms with Crippen molar-refractivity contribution in [2.24, 2.45) is 0 Å². The number of benzene rings is 1. The highest BCUT2D eigenvalue weighted by Crippen LogP contribution is 2.15. The molecule has 1 rings (SSSR count). The molecular weight excluding hydrogens is 352 g/mol. The molecule has 4 nitrogen and oxygen atoms in total. The topological polar surface area (TPSA) is 55.8 Å². The predicted octanol–water partition coefficient (Wildman–Crippen LogP) is 6.06. The van der Waals surface area contributed by atoms with E-state index in [4.69, 9.17) is 21.0 Å². The highest BCUT2D eigenvalue weighted by molar-refractivity contribution is 5.96. The largest absolute Gasteiger partial charge is 0.477 e. The van der Waals surface area contributed by atoms with Gasteiger partial charge < -0.3 is 14.6 Å². The molecule has 0 heterocycles. The van der Waals surface area contributed by atoms with E-state index in [1.54, 1.807) is 24.3 Å². The van der Waals surface area contributed by atoms with Crippen molar-refractivity contribution in [1.82, 2.24) is 0 Å². The van der Waals surface area contributed by atoms with Crippen LogP contribution in [0, 0.1) is 12.3 Å². The number of ether oxygens (including phenoxy) is 2. The van der Waals surface area contributed by atoms with Gasteiger partial charge in [0.05, 0.1) is 6.61 Å². The molecule has 1 aromatic carbocycles. The third-order valence-electron chi connectivity index (χ3n) is 4.53. The molecule has 0 saturated heterocycles. The first-order valence-electron chi connectivity index (χ1n) is 10.4. The summed E-state index contributed by atoms with van der Waals surface area (Å²) in [5.74, 6) is 1.73. The lowest BCUT2D eigenvalue weighted by atomic mass is 10.1. The molecule has 0 saturated carbocycles. The standard InChI is InChI=1S/C24H34O4/c1-3-5-6-7-8-9-10-11-12-13-18-27-20-28-23-16-14-21(15-17-23)19-22(4-2)24(25)26/h2,14-17,19H,3,5-13,18,20H2,1H3,(H,25,26)/b22-19+. The van der Waals surface area contributed by atoms with Crippen LogP contribution in [-0.4, -0.2) is 24.5 Å². The molecule has 0 spiro atoms. The van der Waals surface area contributed by atoms with E-state index in [-0.39, 0.29) is 12.4 Å². The van der Waals surface area contributed by atoms with Gasteiger partial charge >= 0.3 is 5.97 Å². The summed E-state index contributed by atoms with van der Waals surface area (Å²) in [5, 5.41) is 8.92. The average molecular weight is 387 g/mol. The van der Waals surface area contributed by atoms with Crippen LogP contribution < -0.4 is 4.74 Å². The number of carboxylic acid groups (broad SMARTS) is 1. The van der Waals surface area contributed by atoms with Crippen LogP contribution >= 0.6 is 0 Å². The Kier molecular flexibility index (Phi) is 13.4. The van der Waals surface area contributed by atoms with Gasteiger partial charge in [-0.15, -0.1) is 6.42 Å². The Morgan fingerprint density at radius 1 is 1.00 bits per heavy atom. The molecule has 0 unspecified atom stereocenters. The number of carbonyl (C=O) groups is 1. The summed E-state index contributed by atoms with van der Waals surface area (Å²) < 4.78 is 11.0. The fourth-order valence-corrected chi connectivity index (χ4v) is 2.85. The minimum atomic E-state index is -1.11. The summed E-state index contributed by atoms with van der Waals surface area (Å²) in [6.07, 6.45) is 19.7. The third-order valence-corrected chi connectivity index (χ3v) is 4.53. The lowest BCUT2D eigenvalue weighted by molar-refractivity contribution is -0.132. The Bertz CT molecular complexity index is 610. The Labute approximate surface area is 169 Å². The van der Waals surface area contributed by atoms with Crippen LogP contribution in [-0.2, 0) is 9.53 Å². The Balaban J connectivity index is 2.05. The highest BCUT2D eigenvalue weighted by atomic mass is 16.7. The molecule has 0 aliphatic carbocycles. The normalized spacial score (nSPS) is 11.2. The van der Waals surface area contributed by atoms with Crippen LogP contribution in [0.2, 0.25) is 0 Å². The lowest BCUT2D eigenvalue weighted by Gasteiger charge is -2.07. The minimum Gasteiger partial charge on any atom is -0.477 e. The number of unbranched alkanes of at least 4 members (excludes halogenated alkanes) is 9. The predicted molar refractivity (Wildman–Crippen MR) is 114 cm³/mol. The second-order valence-electron chi connectivity index (χ2n) is 6.93. The van der Waals surface area contributed by atoms with Crippen LogP contribution in [0.5, 0.6) is 5.75 Å². The number of hydrogen-bond donors (Lipinski definition) is 1. The van der Waals surface area contributed by atoms with E-state index in [2.05, 4.69) is 12.8 Å². The fourth-order valence-electron chi connectivity index (χ4n) is 2.85. The van der Waals surface area contributed by atoms with Gasteiger partial charge in [-0.05, 0) is 30.2 Å². The smallest absolute Gasteiger partial charge is 0.344 e. The Morgan fingerprint density at radius 2 is 1.57 bits per heavy atom. The van der Waals surface area contributed by atoms with E-state index in [9.17, 15) is 4.79 Å². The molecule has 28 heavy (non-hydrogen) atoms. The quantitative estimate of drug-likeness (QED) is 0.162. The van der Waals surface area contributed by atoms with Gasteiger partial charge in [0.15, 0.2) is 6.79 Å². The molecule has 0 aliphatic heterocycles. The number of hydrogen-bond acceptors (Lipinski definition) is 3. The monoisotopic (exact) mass is 386 g/mol. The molecule has 0 atom stereocenters. The number of rotatable bonds is 16. The number of aliphatic carboxylic acids is 1. The fraction of sp³-hybridized carbons (Fsp3) is 0.542. The zero-order valence-electron chi connectivity index (χ0n) is 17.1. The molecule has 0 amide bonds. The summed E-state index contributed by atoms with van der Waals surface area (Å²) in [4.78, 5) is 10.9. The first kappa shape index (κ1) is 23.8. The van der Waals surface area contributed by atoms with E-state index < -0.39 is 5.97 Å². The van der Waals surface area contributed by atoms with Gasteiger partial charge in [0.2, 0.25) is 0 Å². The van der Waals surface area contributed by atoms with Gasteiger partial charge in [0.25, 0.3) is 0 Å². The lowest BCUT2D eigenvalue weighted by Crippen LogP contribution is -2.04. The first-order valence-corrected chi connectivity index (χ1v) is 10.4. The molecule has 0 aromatic heterocycles. The van der Waals surface area contributed by atoms with Gasteiger partial charge in [0.1, 0.15) is 11.3 Å². The van der Waals surface area contributed by atoms with Crippen molar-refractivity contribution in [3.8, 4) is 18.1 Å². The SMILES string of the molecule is C#C/C(=C\c1ccc(OCOCCCCCCCCCCCC)cc1)C(=O)O.